The molecule has 0 aliphatic rings. The second-order valence-electron chi connectivity index (χ2n) is 14.7. The van der Waals surface area contributed by atoms with E-state index in [0.717, 1.165) is 0 Å². The number of carbonyl (C=O) groups is 4. The van der Waals surface area contributed by atoms with Gasteiger partial charge in [-0.2, -0.15) is 0 Å². The van der Waals surface area contributed by atoms with E-state index >= 15 is 19.2 Å². The quantitative estimate of drug-likeness (QED) is 0.0653. The van der Waals surface area contributed by atoms with Crippen LogP contribution in [-0.2, 0) is 0 Å². The molecule has 14 heteroatoms. The minimum absolute atomic E-state index is 0. The van der Waals surface area contributed by atoms with Crippen LogP contribution in [0, 0.1) is 11.3 Å². The Bertz CT molecular complexity index is 1790. The molecule has 0 heterocycles. The zero-order valence-corrected chi connectivity index (χ0v) is 38.4. The van der Waals surface area contributed by atoms with Crippen molar-refractivity contribution in [2.75, 3.05) is 63.0 Å². The van der Waals surface area contributed by atoms with Crippen molar-refractivity contribution in [3.8, 4) is 46.0 Å². The SMILES string of the molecule is COc1cccc(OC)c1C(=O)P(CC(C)CC(C)(C)C)(C(=O)c1c(OC)cccc1OC)(C(=O)c1c(OC)cccc1OC)C(=O)c1c(OC)cccc1OC.I. The summed E-state index contributed by atoms with van der Waals surface area (Å²) in [6, 6.07) is 18.3. The molecule has 0 N–H and O–H groups in total. The fourth-order valence-corrected chi connectivity index (χ4v) is 13.9. The number of benzene rings is 4. The first kappa shape index (κ1) is 47.5. The Balaban J connectivity index is 0.00000900. The summed E-state index contributed by atoms with van der Waals surface area (Å²) < 4.78 is 46.4. The van der Waals surface area contributed by atoms with Crippen molar-refractivity contribution in [3.63, 3.8) is 0 Å². The third-order valence-electron chi connectivity index (χ3n) is 10.00. The molecule has 1 atom stereocenters. The van der Waals surface area contributed by atoms with Crippen LogP contribution in [0.2, 0.25) is 0 Å². The van der Waals surface area contributed by atoms with Crippen molar-refractivity contribution in [2.45, 2.75) is 34.1 Å². The van der Waals surface area contributed by atoms with Gasteiger partial charge in [-0.1, -0.05) is 0 Å². The van der Waals surface area contributed by atoms with Gasteiger partial charge in [-0.05, 0) is 0 Å². The molecule has 0 amide bonds. The van der Waals surface area contributed by atoms with Gasteiger partial charge in [0.05, 0.1) is 0 Å². The Morgan fingerprint density at radius 3 is 0.793 bits per heavy atom. The molecule has 0 aliphatic carbocycles. The molecule has 0 aliphatic heterocycles. The summed E-state index contributed by atoms with van der Waals surface area (Å²) in [4.78, 5) is 67.5. The number of methoxy groups -OCH3 is 8. The zero-order valence-electron chi connectivity index (χ0n) is 35.2. The number of rotatable bonds is 19. The maximum Gasteiger partial charge on any atom is -0.107 e. The normalized spacial score (nSPS) is 12.4. The molecule has 0 aromatic heterocycles. The predicted octanol–water partition coefficient (Wildman–Crippen LogP) is 9.66. The van der Waals surface area contributed by atoms with Gasteiger partial charge in [0.1, 0.15) is 0 Å². The second-order valence-corrected chi connectivity index (χ2v) is 19.3. The van der Waals surface area contributed by atoms with E-state index < -0.39 is 46.2 Å². The summed E-state index contributed by atoms with van der Waals surface area (Å²) in [5.74, 6) is -1.02. The maximum absolute atomic E-state index is 16.9. The topological polar surface area (TPSA) is 142 Å². The Morgan fingerprint density at radius 2 is 0.638 bits per heavy atom. The van der Waals surface area contributed by atoms with Crippen molar-refractivity contribution in [1.82, 2.24) is 0 Å². The number of halogens is 1. The van der Waals surface area contributed by atoms with Crippen molar-refractivity contribution < 1.29 is 57.1 Å². The fourth-order valence-electron chi connectivity index (χ4n) is 7.85. The van der Waals surface area contributed by atoms with E-state index in [-0.39, 0.29) is 92.2 Å². The number of hydrogen-bond acceptors (Lipinski definition) is 12. The average molecular weight is 933 g/mol. The predicted molar refractivity (Wildman–Crippen MR) is 236 cm³/mol. The molecular formula is C44H54IO12P. The summed E-state index contributed by atoms with van der Waals surface area (Å²) in [5, 5.41) is 0. The number of ether oxygens (including phenoxy) is 8. The van der Waals surface area contributed by atoms with E-state index in [2.05, 4.69) is 0 Å². The van der Waals surface area contributed by atoms with Crippen LogP contribution < -0.4 is 37.9 Å². The fraction of sp³-hybridized carbons (Fsp3) is 0.364. The Hall–Kier alpha value is -4.88. The van der Waals surface area contributed by atoms with E-state index in [9.17, 15) is 0 Å². The molecule has 0 radical (unpaired) electrons. The first-order valence-corrected chi connectivity index (χ1v) is 20.6. The summed E-state index contributed by atoms with van der Waals surface area (Å²) in [6.07, 6.45) is -0.201. The van der Waals surface area contributed by atoms with Gasteiger partial charge < -0.3 is 0 Å². The number of carbonyl (C=O) groups excluding carboxylic acids is 4. The Kier molecular flexibility index (Phi) is 15.8. The van der Waals surface area contributed by atoms with Crippen molar-refractivity contribution in [3.05, 3.63) is 95.1 Å². The van der Waals surface area contributed by atoms with Crippen LogP contribution >= 0.6 is 30.6 Å². The van der Waals surface area contributed by atoms with Gasteiger partial charge in [0, 0.05) is 0 Å². The van der Waals surface area contributed by atoms with E-state index in [1.54, 1.807) is 24.3 Å². The van der Waals surface area contributed by atoms with Crippen molar-refractivity contribution >= 4 is 52.7 Å². The minimum Gasteiger partial charge on any atom is -0.107 e. The van der Waals surface area contributed by atoms with Crippen LogP contribution in [0.15, 0.2) is 72.8 Å². The average Bonchev–Trinajstić information content (AvgIpc) is 3.22. The maximum atomic E-state index is 16.9. The van der Waals surface area contributed by atoms with Crippen LogP contribution in [0.3, 0.4) is 0 Å². The molecular weight excluding hydrogens is 878 g/mol. The molecule has 0 bridgehead atoms. The van der Waals surface area contributed by atoms with Crippen LogP contribution in [0.25, 0.3) is 0 Å². The molecule has 4 aromatic rings. The molecule has 12 nitrogen and oxygen atoms in total. The minimum atomic E-state index is -6.53. The van der Waals surface area contributed by atoms with Crippen LogP contribution in [-0.4, -0.2) is 85.1 Å². The van der Waals surface area contributed by atoms with Gasteiger partial charge in [-0.15, -0.1) is 24.0 Å². The van der Waals surface area contributed by atoms with Gasteiger partial charge in [0.2, 0.25) is 0 Å². The Labute approximate surface area is 357 Å². The Morgan fingerprint density at radius 1 is 0.448 bits per heavy atom. The largest absolute Gasteiger partial charge is 0.107 e. The summed E-state index contributed by atoms with van der Waals surface area (Å²) >= 11 is 0. The molecule has 0 saturated heterocycles. The first-order chi connectivity index (χ1) is 27.1. The van der Waals surface area contributed by atoms with Gasteiger partial charge in [-0.3, -0.25) is 0 Å². The molecule has 0 saturated carbocycles. The van der Waals surface area contributed by atoms with E-state index in [4.69, 9.17) is 37.9 Å². The molecule has 314 valence electrons. The van der Waals surface area contributed by atoms with Crippen molar-refractivity contribution in [2.24, 2.45) is 11.3 Å². The monoisotopic (exact) mass is 932 g/mol. The standard InChI is InChI=1S/C44H53O12P.HI/c1-27(25-44(2,3)4)26-57(40(45)36-28(49-5)17-13-18-29(36)50-6,41(46)37-30(51-7)19-14-20-31(37)52-8,42(47)38-32(53-9)21-15-22-33(38)54-10)43(48)39-34(55-11)23-16-24-35(39)56-12;/h13-24,27H,25-26H2,1-12H3;1H. The molecule has 0 spiro atoms. The molecule has 1 unspecified atom stereocenters. The smallest absolute Gasteiger partial charge is 0.107 e. The summed E-state index contributed by atoms with van der Waals surface area (Å²) in [5.41, 5.74) is -6.08. The summed E-state index contributed by atoms with van der Waals surface area (Å²) in [7, 11) is 10.7. The van der Waals surface area contributed by atoms with E-state index in [1.165, 1.54) is 105 Å². The molecule has 4 rings (SSSR count). The van der Waals surface area contributed by atoms with Gasteiger partial charge >= 0.3 is 335 Å². The van der Waals surface area contributed by atoms with Crippen LogP contribution in [0.1, 0.15) is 75.5 Å². The molecule has 0 fully saturated rings. The summed E-state index contributed by atoms with van der Waals surface area (Å²) in [6.45, 7) is 1.25. The van der Waals surface area contributed by atoms with Gasteiger partial charge in [0.15, 0.2) is 0 Å². The van der Waals surface area contributed by atoms with E-state index in [1.807, 2.05) is 27.7 Å². The first-order valence-electron chi connectivity index (χ1n) is 18.1. The third kappa shape index (κ3) is 8.07. The molecule has 58 heavy (non-hydrogen) atoms. The van der Waals surface area contributed by atoms with Crippen LogP contribution in [0.4, 0.5) is 0 Å². The zero-order chi connectivity index (χ0) is 42.3. The van der Waals surface area contributed by atoms with Crippen LogP contribution in [0.5, 0.6) is 46.0 Å². The van der Waals surface area contributed by atoms with Gasteiger partial charge in [-0.25, -0.2) is 0 Å². The van der Waals surface area contributed by atoms with Gasteiger partial charge in [0.25, 0.3) is 0 Å². The second kappa shape index (κ2) is 19.2. The molecule has 4 aromatic carbocycles. The number of hydrogen-bond donors (Lipinski definition) is 0. The van der Waals surface area contributed by atoms with Crippen molar-refractivity contribution in [1.29, 1.82) is 0 Å². The van der Waals surface area contributed by atoms with E-state index in [0.29, 0.717) is 6.42 Å². The third-order valence-corrected chi connectivity index (χ3v) is 15.8.